The zero-order chi connectivity index (χ0) is 21.1. The second-order valence-electron chi connectivity index (χ2n) is 7.31. The van der Waals surface area contributed by atoms with Crippen LogP contribution in [0.2, 0.25) is 0 Å². The first kappa shape index (κ1) is 20.2. The van der Waals surface area contributed by atoms with Crippen molar-refractivity contribution in [2.24, 2.45) is 0 Å². The third-order valence-electron chi connectivity index (χ3n) is 5.13. The van der Waals surface area contributed by atoms with Gasteiger partial charge in [-0.05, 0) is 38.0 Å². The monoisotopic (exact) mass is 413 g/mol. The normalized spacial score (nSPS) is 12.0. The van der Waals surface area contributed by atoms with E-state index in [0.29, 0.717) is 5.22 Å². The number of rotatable bonds is 6. The smallest absolute Gasteiger partial charge is 0.257 e. The molecule has 1 aromatic heterocycles. The highest BCUT2D eigenvalue weighted by Crippen LogP contribution is 2.37. The van der Waals surface area contributed by atoms with Gasteiger partial charge in [-0.2, -0.15) is 0 Å². The summed E-state index contributed by atoms with van der Waals surface area (Å²) < 4.78 is 6.15. The Bertz CT molecular complexity index is 1110. The molecule has 3 nitrogen and oxygen atoms in total. The maximum Gasteiger partial charge on any atom is 0.257 e. The van der Waals surface area contributed by atoms with Crippen LogP contribution in [0.5, 0.6) is 0 Å². The summed E-state index contributed by atoms with van der Waals surface area (Å²) >= 11 is 1.35. The molecule has 0 aliphatic carbocycles. The number of aromatic nitrogens is 1. The molecular formula is C26H23NO2S. The zero-order valence-corrected chi connectivity index (χ0v) is 18.1. The Kier molecular flexibility index (Phi) is 5.86. The van der Waals surface area contributed by atoms with Crippen LogP contribution in [0.25, 0.3) is 22.6 Å². The van der Waals surface area contributed by atoms with Crippen molar-refractivity contribution in [3.63, 3.8) is 0 Å². The van der Waals surface area contributed by atoms with Crippen molar-refractivity contribution in [1.29, 1.82) is 0 Å². The van der Waals surface area contributed by atoms with Crippen LogP contribution in [-0.4, -0.2) is 16.0 Å². The van der Waals surface area contributed by atoms with E-state index in [0.717, 1.165) is 33.7 Å². The summed E-state index contributed by atoms with van der Waals surface area (Å²) in [5.41, 5.74) is 5.75. The molecule has 4 rings (SSSR count). The van der Waals surface area contributed by atoms with Gasteiger partial charge >= 0.3 is 0 Å². The van der Waals surface area contributed by atoms with Crippen LogP contribution < -0.4 is 0 Å². The first-order valence-electron chi connectivity index (χ1n) is 9.92. The Morgan fingerprint density at radius 1 is 0.867 bits per heavy atom. The highest BCUT2D eigenvalue weighted by molar-refractivity contribution is 8.00. The number of aryl methyl sites for hydroxylation is 2. The van der Waals surface area contributed by atoms with Gasteiger partial charge in [0.1, 0.15) is 5.69 Å². The van der Waals surface area contributed by atoms with Crippen LogP contribution in [0.3, 0.4) is 0 Å². The molecule has 0 saturated carbocycles. The standard InChI is InChI=1S/C26H23NO2S/c1-17-14-15-22(16-18(17)2)24(28)19(3)30-26-27-23(20-10-6-4-7-11-20)25(29-26)21-12-8-5-9-13-21/h4-16,19H,1-3H3/t19-/m0/s1. The molecule has 1 atom stereocenters. The van der Waals surface area contributed by atoms with Gasteiger partial charge in [-0.25, -0.2) is 4.98 Å². The van der Waals surface area contributed by atoms with Gasteiger partial charge in [0.25, 0.3) is 5.22 Å². The third-order valence-corrected chi connectivity index (χ3v) is 6.07. The lowest BCUT2D eigenvalue weighted by Crippen LogP contribution is -2.13. The first-order chi connectivity index (χ1) is 14.5. The van der Waals surface area contributed by atoms with Crippen molar-refractivity contribution < 1.29 is 9.21 Å². The van der Waals surface area contributed by atoms with Crippen LogP contribution in [0.15, 0.2) is 88.5 Å². The number of Topliss-reactive ketones (excluding diaryl/α,β-unsaturated/α-hetero) is 1. The van der Waals surface area contributed by atoms with Crippen molar-refractivity contribution >= 4 is 17.5 Å². The maximum absolute atomic E-state index is 13.0. The lowest BCUT2D eigenvalue weighted by atomic mass is 10.0. The Balaban J connectivity index is 1.65. The summed E-state index contributed by atoms with van der Waals surface area (Å²) in [5, 5.41) is 0.190. The second kappa shape index (κ2) is 8.72. The fourth-order valence-corrected chi connectivity index (χ4v) is 4.08. The van der Waals surface area contributed by atoms with Crippen molar-refractivity contribution in [2.45, 2.75) is 31.2 Å². The van der Waals surface area contributed by atoms with Gasteiger partial charge in [-0.3, -0.25) is 4.79 Å². The van der Waals surface area contributed by atoms with Gasteiger partial charge in [0.05, 0.1) is 5.25 Å². The largest absolute Gasteiger partial charge is 0.431 e. The van der Waals surface area contributed by atoms with E-state index in [1.165, 1.54) is 17.3 Å². The Morgan fingerprint density at radius 3 is 2.13 bits per heavy atom. The van der Waals surface area contributed by atoms with E-state index in [2.05, 4.69) is 0 Å². The molecule has 3 aromatic carbocycles. The molecule has 4 heteroatoms. The van der Waals surface area contributed by atoms with E-state index >= 15 is 0 Å². The lowest BCUT2D eigenvalue weighted by Gasteiger charge is -2.09. The average molecular weight is 414 g/mol. The molecule has 0 radical (unpaired) electrons. The number of nitrogens with zero attached hydrogens (tertiary/aromatic N) is 1. The first-order valence-corrected chi connectivity index (χ1v) is 10.8. The molecular weight excluding hydrogens is 390 g/mol. The highest BCUT2D eigenvalue weighted by Gasteiger charge is 2.23. The van der Waals surface area contributed by atoms with E-state index in [9.17, 15) is 4.79 Å². The van der Waals surface area contributed by atoms with Crippen LogP contribution in [-0.2, 0) is 0 Å². The molecule has 0 aliphatic heterocycles. The van der Waals surface area contributed by atoms with Gasteiger partial charge in [-0.1, -0.05) is 84.6 Å². The van der Waals surface area contributed by atoms with Gasteiger partial charge < -0.3 is 4.42 Å². The Hall–Kier alpha value is -3.11. The number of benzene rings is 3. The number of thioether (sulfide) groups is 1. The summed E-state index contributed by atoms with van der Waals surface area (Å²) in [6, 6.07) is 25.8. The Labute approximate surface area is 181 Å². The molecule has 0 spiro atoms. The van der Waals surface area contributed by atoms with Gasteiger partial charge in [0.2, 0.25) is 0 Å². The number of ketones is 1. The molecule has 0 unspecified atom stereocenters. The molecule has 0 aliphatic rings. The second-order valence-corrected chi connectivity index (χ2v) is 8.60. The SMILES string of the molecule is Cc1ccc(C(=O)[C@H](C)Sc2nc(-c3ccccc3)c(-c3ccccc3)o2)cc1C. The van der Waals surface area contributed by atoms with Crippen LogP contribution in [0, 0.1) is 13.8 Å². The van der Waals surface area contributed by atoms with E-state index in [-0.39, 0.29) is 11.0 Å². The molecule has 150 valence electrons. The summed E-state index contributed by atoms with van der Waals surface area (Å²) in [4.78, 5) is 17.7. The van der Waals surface area contributed by atoms with E-state index < -0.39 is 0 Å². The van der Waals surface area contributed by atoms with Crippen molar-refractivity contribution in [1.82, 2.24) is 4.98 Å². The number of carbonyl (C=O) groups is 1. The predicted octanol–water partition coefficient (Wildman–Crippen LogP) is 6.99. The molecule has 0 saturated heterocycles. The summed E-state index contributed by atoms with van der Waals surface area (Å²) in [5.74, 6) is 0.791. The molecule has 4 aromatic rings. The minimum atomic E-state index is -0.307. The number of hydrogen-bond acceptors (Lipinski definition) is 4. The zero-order valence-electron chi connectivity index (χ0n) is 17.3. The molecule has 1 heterocycles. The molecule has 0 bridgehead atoms. The highest BCUT2D eigenvalue weighted by atomic mass is 32.2. The fraction of sp³-hybridized carbons (Fsp3) is 0.154. The van der Waals surface area contributed by atoms with Crippen LogP contribution >= 0.6 is 11.8 Å². The Morgan fingerprint density at radius 2 is 1.50 bits per heavy atom. The number of carbonyl (C=O) groups excluding carboxylic acids is 1. The van der Waals surface area contributed by atoms with E-state index in [1.807, 2.05) is 99.6 Å². The van der Waals surface area contributed by atoms with Gasteiger partial charge in [0, 0.05) is 16.7 Å². The summed E-state index contributed by atoms with van der Waals surface area (Å²) in [6.07, 6.45) is 0. The lowest BCUT2D eigenvalue weighted by molar-refractivity contribution is 0.0993. The van der Waals surface area contributed by atoms with Crippen LogP contribution in [0.1, 0.15) is 28.4 Å². The van der Waals surface area contributed by atoms with Gasteiger partial charge in [0.15, 0.2) is 11.5 Å². The quantitative estimate of drug-likeness (QED) is 0.252. The number of oxazole rings is 1. The number of hydrogen-bond donors (Lipinski definition) is 0. The minimum absolute atomic E-state index is 0.0730. The van der Waals surface area contributed by atoms with Gasteiger partial charge in [-0.15, -0.1) is 0 Å². The predicted molar refractivity (Wildman–Crippen MR) is 123 cm³/mol. The fourth-order valence-electron chi connectivity index (χ4n) is 3.26. The topological polar surface area (TPSA) is 43.1 Å². The average Bonchev–Trinajstić information content (AvgIpc) is 3.20. The third kappa shape index (κ3) is 4.24. The molecule has 0 amide bonds. The van der Waals surface area contributed by atoms with E-state index in [4.69, 9.17) is 9.40 Å². The molecule has 30 heavy (non-hydrogen) atoms. The van der Waals surface area contributed by atoms with Crippen molar-refractivity contribution in [2.75, 3.05) is 0 Å². The minimum Gasteiger partial charge on any atom is -0.431 e. The van der Waals surface area contributed by atoms with Crippen molar-refractivity contribution in [3.8, 4) is 22.6 Å². The summed E-state index contributed by atoms with van der Waals surface area (Å²) in [7, 11) is 0. The molecule has 0 N–H and O–H groups in total. The summed E-state index contributed by atoms with van der Waals surface area (Å²) in [6.45, 7) is 5.97. The van der Waals surface area contributed by atoms with E-state index in [1.54, 1.807) is 0 Å². The van der Waals surface area contributed by atoms with Crippen molar-refractivity contribution in [3.05, 3.63) is 95.6 Å². The molecule has 0 fully saturated rings. The van der Waals surface area contributed by atoms with Crippen LogP contribution in [0.4, 0.5) is 0 Å². The maximum atomic E-state index is 13.0.